The van der Waals surface area contributed by atoms with Crippen LogP contribution in [0.5, 0.6) is 0 Å². The molecule has 0 amide bonds. The Morgan fingerprint density at radius 1 is 0.303 bits per heavy atom. The highest BCUT2D eigenvalue weighted by atomic mass is 16.6. The lowest BCUT2D eigenvalue weighted by Gasteiger charge is -2.15. The van der Waals surface area contributed by atoms with Crippen molar-refractivity contribution in [1.82, 2.24) is 0 Å². The summed E-state index contributed by atoms with van der Waals surface area (Å²) in [5.41, 5.74) is 0. The van der Waals surface area contributed by atoms with Crippen molar-refractivity contribution in [2.75, 3.05) is 13.2 Å². The van der Waals surface area contributed by atoms with Crippen molar-refractivity contribution in [3.8, 4) is 0 Å². The Bertz CT molecular complexity index is 1470. The highest BCUT2D eigenvalue weighted by molar-refractivity contribution is 5.70. The predicted octanol–water partition coefficient (Wildman–Crippen LogP) is 22.4. The molecular weight excluding hydrogens is 933 g/mol. The van der Waals surface area contributed by atoms with Crippen molar-refractivity contribution in [2.24, 2.45) is 0 Å². The summed E-state index contributed by atoms with van der Waals surface area (Å²) in [7, 11) is 0. The number of rotatable bonds is 59. The summed E-state index contributed by atoms with van der Waals surface area (Å²) in [5.74, 6) is -0.585. The van der Waals surface area contributed by atoms with Crippen LogP contribution in [-0.4, -0.2) is 36.4 Å². The molecule has 0 aliphatic carbocycles. The summed E-state index contributed by atoms with van der Waals surface area (Å²) in [4.78, 5) is 24.6. The quantitative estimate of drug-likeness (QED) is 0.0373. The molecule has 1 N–H and O–H groups in total. The van der Waals surface area contributed by atoms with Crippen molar-refractivity contribution in [3.63, 3.8) is 0 Å². The van der Waals surface area contributed by atoms with Gasteiger partial charge in [0.05, 0.1) is 6.61 Å². The zero-order chi connectivity index (χ0) is 54.8. The number of esters is 2. The molecule has 0 rings (SSSR count). The Kier molecular flexibility index (Phi) is 62.9. The van der Waals surface area contributed by atoms with E-state index in [1.165, 1.54) is 186 Å². The maximum Gasteiger partial charge on any atom is 0.306 e. The average Bonchev–Trinajstić information content (AvgIpc) is 3.42. The third kappa shape index (κ3) is 63.1. The monoisotopic (exact) mass is 1050 g/mol. The summed E-state index contributed by atoms with van der Waals surface area (Å²) in [6, 6.07) is 0. The molecule has 0 aromatic carbocycles. The predicted molar refractivity (Wildman–Crippen MR) is 334 cm³/mol. The zero-order valence-corrected chi connectivity index (χ0v) is 50.0. The third-order valence-electron chi connectivity index (χ3n) is 14.1. The number of hydrogen-bond donors (Lipinski definition) is 1. The fraction of sp³-hybridized carbons (Fsp3) is 0.718. The molecule has 0 aromatic heterocycles. The molecule has 0 aliphatic rings. The summed E-state index contributed by atoms with van der Waals surface area (Å²) in [5, 5.41) is 9.69. The smallest absolute Gasteiger partial charge is 0.306 e. The first-order valence-corrected chi connectivity index (χ1v) is 32.4. The van der Waals surface area contributed by atoms with E-state index in [0.717, 1.165) is 96.3 Å². The maximum absolute atomic E-state index is 12.3. The van der Waals surface area contributed by atoms with Crippen molar-refractivity contribution in [3.05, 3.63) is 109 Å². The molecule has 1 unspecified atom stereocenters. The van der Waals surface area contributed by atoms with Gasteiger partial charge in [0.15, 0.2) is 6.10 Å². The fourth-order valence-corrected chi connectivity index (χ4v) is 9.28. The number of carbonyl (C=O) groups is 2. The van der Waals surface area contributed by atoms with Crippen LogP contribution in [0.25, 0.3) is 0 Å². The number of aliphatic hydroxyl groups excluding tert-OH is 1. The number of aliphatic hydroxyl groups is 1. The van der Waals surface area contributed by atoms with Gasteiger partial charge in [0.1, 0.15) is 6.61 Å². The van der Waals surface area contributed by atoms with E-state index in [1.807, 2.05) is 0 Å². The Morgan fingerprint density at radius 2 is 0.526 bits per heavy atom. The SMILES string of the molecule is CC/C=C\C/C=C\C/C=C\C/C=C\C/C=C\CCCCCCCCCCCCCC(=O)OC(CO)COC(=O)CCCCCCCCCCCCCCCCCCCCCCCC/C=C\C/C=C\C/C=C\C/C=C\CC. The fourth-order valence-electron chi connectivity index (χ4n) is 9.28. The molecular formula is C71H122O5. The number of allylic oxidation sites excluding steroid dienone is 18. The molecule has 0 radical (unpaired) electrons. The number of ether oxygens (including phenoxy) is 2. The molecule has 0 bridgehead atoms. The minimum Gasteiger partial charge on any atom is -0.462 e. The number of unbranched alkanes of at least 4 members (excludes halogenated alkanes) is 33. The second-order valence-corrected chi connectivity index (χ2v) is 21.4. The van der Waals surface area contributed by atoms with Crippen LogP contribution in [-0.2, 0) is 19.1 Å². The molecule has 0 fully saturated rings. The summed E-state index contributed by atoms with van der Waals surface area (Å²) < 4.78 is 10.7. The van der Waals surface area contributed by atoms with Crippen molar-refractivity contribution in [2.45, 2.75) is 315 Å². The van der Waals surface area contributed by atoms with Crippen LogP contribution in [0.15, 0.2) is 109 Å². The lowest BCUT2D eigenvalue weighted by atomic mass is 10.0. The molecule has 0 aliphatic heterocycles. The van der Waals surface area contributed by atoms with Gasteiger partial charge in [-0.05, 0) is 96.3 Å². The molecule has 436 valence electrons. The Labute approximate surface area is 471 Å². The van der Waals surface area contributed by atoms with E-state index in [0.29, 0.717) is 12.8 Å². The summed E-state index contributed by atoms with van der Waals surface area (Å²) >= 11 is 0. The van der Waals surface area contributed by atoms with E-state index < -0.39 is 6.10 Å². The molecule has 0 saturated carbocycles. The first kappa shape index (κ1) is 72.6. The zero-order valence-electron chi connectivity index (χ0n) is 50.0. The van der Waals surface area contributed by atoms with E-state index >= 15 is 0 Å². The van der Waals surface area contributed by atoms with Crippen LogP contribution in [0.2, 0.25) is 0 Å². The van der Waals surface area contributed by atoms with Gasteiger partial charge < -0.3 is 14.6 Å². The van der Waals surface area contributed by atoms with Gasteiger partial charge in [0.2, 0.25) is 0 Å². The largest absolute Gasteiger partial charge is 0.462 e. The Hall–Kier alpha value is -3.44. The van der Waals surface area contributed by atoms with Gasteiger partial charge in [-0.2, -0.15) is 0 Å². The van der Waals surface area contributed by atoms with Crippen molar-refractivity contribution in [1.29, 1.82) is 0 Å². The average molecular weight is 1060 g/mol. The van der Waals surface area contributed by atoms with E-state index in [1.54, 1.807) is 0 Å². The van der Waals surface area contributed by atoms with Gasteiger partial charge in [0.25, 0.3) is 0 Å². The first-order chi connectivity index (χ1) is 37.6. The van der Waals surface area contributed by atoms with E-state index in [4.69, 9.17) is 9.47 Å². The van der Waals surface area contributed by atoms with Gasteiger partial charge in [-0.3, -0.25) is 9.59 Å². The van der Waals surface area contributed by atoms with Gasteiger partial charge in [-0.25, -0.2) is 0 Å². The van der Waals surface area contributed by atoms with Gasteiger partial charge in [-0.1, -0.05) is 309 Å². The topological polar surface area (TPSA) is 72.8 Å². The second-order valence-electron chi connectivity index (χ2n) is 21.4. The summed E-state index contributed by atoms with van der Waals surface area (Å²) in [6.07, 6.45) is 95.3. The highest BCUT2D eigenvalue weighted by Crippen LogP contribution is 2.17. The van der Waals surface area contributed by atoms with Crippen molar-refractivity contribution >= 4 is 11.9 Å². The molecule has 1 atom stereocenters. The van der Waals surface area contributed by atoms with E-state index in [2.05, 4.69) is 123 Å². The molecule has 5 heteroatoms. The molecule has 5 nitrogen and oxygen atoms in total. The van der Waals surface area contributed by atoms with Gasteiger partial charge >= 0.3 is 11.9 Å². The van der Waals surface area contributed by atoms with Crippen LogP contribution in [0, 0.1) is 0 Å². The lowest BCUT2D eigenvalue weighted by Crippen LogP contribution is -2.28. The van der Waals surface area contributed by atoms with E-state index in [9.17, 15) is 14.7 Å². The minimum atomic E-state index is -0.779. The number of hydrogen-bond acceptors (Lipinski definition) is 5. The minimum absolute atomic E-state index is 0.0682. The van der Waals surface area contributed by atoms with E-state index in [-0.39, 0.29) is 25.2 Å². The molecule has 0 heterocycles. The molecule has 0 aromatic rings. The third-order valence-corrected chi connectivity index (χ3v) is 14.1. The van der Waals surface area contributed by atoms with Crippen LogP contribution in [0.1, 0.15) is 309 Å². The first-order valence-electron chi connectivity index (χ1n) is 32.4. The second kappa shape index (κ2) is 65.8. The van der Waals surface area contributed by atoms with Crippen LogP contribution >= 0.6 is 0 Å². The molecule has 0 spiro atoms. The Balaban J connectivity index is 3.45. The standard InChI is InChI=1S/C71H122O5/c1-3-5-7-9-11-13-15-17-19-21-23-25-27-29-31-32-33-34-35-36-37-38-40-41-43-45-47-49-51-53-55-57-59-61-63-65-70(73)75-68-69(67-72)76-71(74)66-64-62-60-58-56-54-52-50-48-46-44-42-39-30-28-26-24-22-20-18-16-14-12-10-8-6-4-2/h5-8,11-14,17-20,23-26,30,39,69,72H,3-4,9-10,15-16,21-22,27-29,31-38,40-68H2,1-2H3/b7-5-,8-6-,13-11-,14-12-,19-17-,20-18-,25-23-,26-24-,39-30-. The van der Waals surface area contributed by atoms with Gasteiger partial charge in [-0.15, -0.1) is 0 Å². The maximum atomic E-state index is 12.3. The van der Waals surface area contributed by atoms with Crippen LogP contribution in [0.3, 0.4) is 0 Å². The van der Waals surface area contributed by atoms with Crippen LogP contribution in [0.4, 0.5) is 0 Å². The van der Waals surface area contributed by atoms with Crippen molar-refractivity contribution < 1.29 is 24.2 Å². The highest BCUT2D eigenvalue weighted by Gasteiger charge is 2.16. The lowest BCUT2D eigenvalue weighted by molar-refractivity contribution is -0.161. The Morgan fingerprint density at radius 3 is 0.789 bits per heavy atom. The molecule has 0 saturated heterocycles. The molecule has 76 heavy (non-hydrogen) atoms. The summed E-state index contributed by atoms with van der Waals surface area (Å²) in [6.45, 7) is 3.94. The van der Waals surface area contributed by atoms with Gasteiger partial charge in [0, 0.05) is 12.8 Å². The normalized spacial score (nSPS) is 12.9. The van der Waals surface area contributed by atoms with Crippen LogP contribution < -0.4 is 0 Å². The number of carbonyl (C=O) groups excluding carboxylic acids is 2.